The average Bonchev–Trinajstić information content (AvgIpc) is 3.34. The topological polar surface area (TPSA) is 97.2 Å². The molecule has 1 aliphatic heterocycles. The fourth-order valence-electron chi connectivity index (χ4n) is 4.25. The molecule has 0 amide bonds. The number of fused-ring (bicyclic) bond motifs is 2. The van der Waals surface area contributed by atoms with Crippen molar-refractivity contribution >= 4 is 32.6 Å². The molecule has 3 heterocycles. The molecular formula is C23H22FN5O2S. The first kappa shape index (κ1) is 20.7. The molecule has 0 fully saturated rings. The summed E-state index contributed by atoms with van der Waals surface area (Å²) in [5.74, 6) is -0.610. The minimum absolute atomic E-state index is 0.104. The number of sulfone groups is 1. The zero-order chi connectivity index (χ0) is 22.5. The number of rotatable bonds is 5. The molecule has 0 saturated carbocycles. The van der Waals surface area contributed by atoms with Gasteiger partial charge in [0.05, 0.1) is 33.4 Å². The molecular weight excluding hydrogens is 429 g/mol. The Bertz CT molecular complexity index is 1390. The number of benzene rings is 1. The Morgan fingerprint density at radius 2 is 1.88 bits per heavy atom. The van der Waals surface area contributed by atoms with E-state index in [-0.39, 0.29) is 4.90 Å². The molecule has 1 aliphatic carbocycles. The summed E-state index contributed by atoms with van der Waals surface area (Å²) >= 11 is 0. The van der Waals surface area contributed by atoms with Crippen molar-refractivity contribution < 1.29 is 12.8 Å². The molecule has 1 N–H and O–H groups in total. The maximum atomic E-state index is 13.8. The number of hydrogen-bond acceptors (Lipinski definition) is 7. The minimum atomic E-state index is -3.64. The van der Waals surface area contributed by atoms with Crippen LogP contribution in [0.15, 0.2) is 40.2 Å². The van der Waals surface area contributed by atoms with E-state index in [1.54, 1.807) is 0 Å². The molecule has 5 rings (SSSR count). The van der Waals surface area contributed by atoms with Crippen LogP contribution in [0.4, 0.5) is 21.5 Å². The van der Waals surface area contributed by atoms with Gasteiger partial charge >= 0.3 is 0 Å². The van der Waals surface area contributed by atoms with Crippen molar-refractivity contribution in [1.82, 2.24) is 15.2 Å². The molecule has 32 heavy (non-hydrogen) atoms. The van der Waals surface area contributed by atoms with Gasteiger partial charge in [-0.25, -0.2) is 12.8 Å². The van der Waals surface area contributed by atoms with Crippen molar-refractivity contribution in [2.24, 2.45) is 4.99 Å². The summed E-state index contributed by atoms with van der Waals surface area (Å²) in [5.41, 5.74) is 7.30. The largest absolute Gasteiger partial charge is 0.353 e. The Kier molecular flexibility index (Phi) is 5.00. The van der Waals surface area contributed by atoms with Crippen LogP contribution in [0, 0.1) is 5.82 Å². The summed E-state index contributed by atoms with van der Waals surface area (Å²) in [6.07, 6.45) is 5.29. The summed E-state index contributed by atoms with van der Waals surface area (Å²) in [7, 11) is -3.64. The first-order valence-corrected chi connectivity index (χ1v) is 12.3. The van der Waals surface area contributed by atoms with Crippen LogP contribution < -0.4 is 5.32 Å². The van der Waals surface area contributed by atoms with Crippen molar-refractivity contribution in [2.75, 3.05) is 11.6 Å². The molecule has 164 valence electrons. The predicted molar refractivity (Wildman–Crippen MR) is 120 cm³/mol. The van der Waals surface area contributed by atoms with Gasteiger partial charge in [-0.15, -0.1) is 0 Å². The Morgan fingerprint density at radius 3 is 2.69 bits per heavy atom. The number of nitrogens with zero attached hydrogens (tertiary/aromatic N) is 4. The van der Waals surface area contributed by atoms with Crippen molar-refractivity contribution in [3.05, 3.63) is 64.5 Å². The molecule has 0 spiro atoms. The third-order valence-corrected chi connectivity index (χ3v) is 6.83. The van der Waals surface area contributed by atoms with E-state index in [1.807, 2.05) is 13.0 Å². The van der Waals surface area contributed by atoms with Crippen molar-refractivity contribution in [2.45, 2.75) is 43.9 Å². The molecule has 3 aromatic rings. The lowest BCUT2D eigenvalue weighted by molar-refractivity contribution is 0.596. The Morgan fingerprint density at radius 1 is 1.03 bits per heavy atom. The quantitative estimate of drug-likeness (QED) is 0.632. The maximum Gasteiger partial charge on any atom is 0.177 e. The summed E-state index contributed by atoms with van der Waals surface area (Å²) in [6, 6.07) is 7.63. The zero-order valence-electron chi connectivity index (χ0n) is 17.8. The normalized spacial score (nSPS) is 14.8. The van der Waals surface area contributed by atoms with Crippen LogP contribution in [-0.4, -0.2) is 35.6 Å². The number of aryl methyl sites for hydroxylation is 2. The maximum absolute atomic E-state index is 13.8. The highest BCUT2D eigenvalue weighted by molar-refractivity contribution is 7.90. The predicted octanol–water partition coefficient (Wildman–Crippen LogP) is 3.89. The molecule has 7 nitrogen and oxygen atoms in total. The van der Waals surface area contributed by atoms with Crippen LogP contribution in [0.25, 0.3) is 0 Å². The molecule has 2 aromatic heterocycles. The summed E-state index contributed by atoms with van der Waals surface area (Å²) in [4.78, 5) is 9.27. The van der Waals surface area contributed by atoms with Gasteiger partial charge in [0, 0.05) is 30.5 Å². The summed E-state index contributed by atoms with van der Waals surface area (Å²) in [6.45, 7) is 1.93. The lowest BCUT2D eigenvalue weighted by Gasteiger charge is -2.15. The van der Waals surface area contributed by atoms with E-state index < -0.39 is 15.7 Å². The number of aromatic nitrogens is 3. The van der Waals surface area contributed by atoms with E-state index in [2.05, 4.69) is 26.6 Å². The number of aliphatic imine (C=N–C) groups is 1. The Labute approximate surface area is 185 Å². The number of halogens is 1. The van der Waals surface area contributed by atoms with Gasteiger partial charge in [0.15, 0.2) is 9.84 Å². The molecule has 2 aliphatic rings. The van der Waals surface area contributed by atoms with Crippen LogP contribution in [-0.2, 0) is 35.5 Å². The highest BCUT2D eigenvalue weighted by Gasteiger charge is 2.22. The highest BCUT2D eigenvalue weighted by Crippen LogP contribution is 2.37. The molecule has 1 aromatic carbocycles. The summed E-state index contributed by atoms with van der Waals surface area (Å²) in [5, 5.41) is 11.9. The molecule has 0 bridgehead atoms. The van der Waals surface area contributed by atoms with Crippen LogP contribution in [0.2, 0.25) is 0 Å². The van der Waals surface area contributed by atoms with E-state index in [4.69, 9.17) is 4.98 Å². The van der Waals surface area contributed by atoms with Gasteiger partial charge in [-0.2, -0.15) is 10.2 Å². The van der Waals surface area contributed by atoms with E-state index in [9.17, 15) is 12.8 Å². The Balaban J connectivity index is 1.54. The van der Waals surface area contributed by atoms with Crippen LogP contribution in [0.5, 0.6) is 0 Å². The van der Waals surface area contributed by atoms with Crippen molar-refractivity contribution in [1.29, 1.82) is 0 Å². The zero-order valence-corrected chi connectivity index (χ0v) is 18.6. The molecule has 0 unspecified atom stereocenters. The first-order chi connectivity index (χ1) is 15.3. The number of pyridine rings is 1. The second-order valence-electron chi connectivity index (χ2n) is 8.36. The average molecular weight is 452 g/mol. The van der Waals surface area contributed by atoms with Gasteiger partial charge in [-0.3, -0.25) is 9.98 Å². The minimum Gasteiger partial charge on any atom is -0.353 e. The van der Waals surface area contributed by atoms with Crippen molar-refractivity contribution in [3.8, 4) is 0 Å². The lowest BCUT2D eigenvalue weighted by Crippen LogP contribution is -2.06. The van der Waals surface area contributed by atoms with Gasteiger partial charge in [0.25, 0.3) is 0 Å². The van der Waals surface area contributed by atoms with Crippen LogP contribution >= 0.6 is 0 Å². The number of anilines is 2. The molecule has 0 atom stereocenters. The summed E-state index contributed by atoms with van der Waals surface area (Å²) < 4.78 is 38.2. The van der Waals surface area contributed by atoms with Gasteiger partial charge in [-0.05, 0) is 62.1 Å². The third-order valence-electron chi connectivity index (χ3n) is 5.69. The third kappa shape index (κ3) is 4.00. The van der Waals surface area contributed by atoms with Gasteiger partial charge in [0.1, 0.15) is 11.5 Å². The highest BCUT2D eigenvalue weighted by atomic mass is 32.2. The van der Waals surface area contributed by atoms with Crippen LogP contribution in [0.1, 0.15) is 41.7 Å². The van der Waals surface area contributed by atoms with E-state index in [1.165, 1.54) is 17.7 Å². The fraction of sp³-hybridized carbons (Fsp3) is 0.304. The number of hydrogen-bond donors (Lipinski definition) is 1. The van der Waals surface area contributed by atoms with Gasteiger partial charge in [0.2, 0.25) is 0 Å². The first-order valence-electron chi connectivity index (χ1n) is 10.4. The standard InChI is InChI=1S/C23H22FN5O2S/c1-13-8-20-23(25-13)21(27-19-7-6-15(24)10-22(19)32(2,30)31)12-16(26-20)11-17-9-14-4-3-5-18(14)29-28-17/h6-7,9-10,12H,3-5,8,11H2,1-2H3,(H,26,27). The van der Waals surface area contributed by atoms with Crippen molar-refractivity contribution in [3.63, 3.8) is 0 Å². The molecule has 0 radical (unpaired) electrons. The SMILES string of the molecule is CC1=Nc2c(Nc3ccc(F)cc3S(C)(=O)=O)cc(Cc3cc4c(nn3)CCC4)nc2C1. The monoisotopic (exact) mass is 451 g/mol. The second-order valence-corrected chi connectivity index (χ2v) is 10.3. The smallest absolute Gasteiger partial charge is 0.177 e. The van der Waals surface area contributed by atoms with E-state index >= 15 is 0 Å². The molecule has 9 heteroatoms. The second kappa shape index (κ2) is 7.74. The fourth-order valence-corrected chi connectivity index (χ4v) is 5.10. The molecule has 0 saturated heterocycles. The number of nitrogens with one attached hydrogen (secondary N) is 1. The lowest BCUT2D eigenvalue weighted by atomic mass is 10.1. The van der Waals surface area contributed by atoms with Gasteiger partial charge < -0.3 is 5.32 Å². The van der Waals surface area contributed by atoms with E-state index in [0.29, 0.717) is 29.9 Å². The van der Waals surface area contributed by atoms with E-state index in [0.717, 1.165) is 60.1 Å². The van der Waals surface area contributed by atoms with Crippen LogP contribution in [0.3, 0.4) is 0 Å². The van der Waals surface area contributed by atoms with Gasteiger partial charge in [-0.1, -0.05) is 0 Å². The Hall–Kier alpha value is -3.20.